The van der Waals surface area contributed by atoms with Crippen molar-refractivity contribution in [3.05, 3.63) is 59.7 Å². The van der Waals surface area contributed by atoms with E-state index in [0.717, 1.165) is 11.1 Å². The van der Waals surface area contributed by atoms with Gasteiger partial charge in [0.05, 0.1) is 26.9 Å². The van der Waals surface area contributed by atoms with Crippen LogP contribution in [0.2, 0.25) is 0 Å². The summed E-state index contributed by atoms with van der Waals surface area (Å²) in [5.74, 6) is 0.957. The van der Waals surface area contributed by atoms with Crippen LogP contribution >= 0.6 is 0 Å². The van der Waals surface area contributed by atoms with E-state index >= 15 is 0 Å². The maximum atomic E-state index is 13.1. The van der Waals surface area contributed by atoms with E-state index in [4.69, 9.17) is 14.6 Å². The predicted molar refractivity (Wildman–Crippen MR) is 118 cm³/mol. The van der Waals surface area contributed by atoms with Crippen molar-refractivity contribution in [3.63, 3.8) is 0 Å². The molecule has 0 radical (unpaired) electrons. The van der Waals surface area contributed by atoms with Crippen LogP contribution in [0.15, 0.2) is 48.5 Å². The lowest BCUT2D eigenvalue weighted by Crippen LogP contribution is -2.73. The van der Waals surface area contributed by atoms with Gasteiger partial charge in [-0.15, -0.1) is 0 Å². The molecule has 9 heteroatoms. The molecule has 3 N–H and O–H groups in total. The first kappa shape index (κ1) is 23.4. The first-order chi connectivity index (χ1) is 15.5. The van der Waals surface area contributed by atoms with Gasteiger partial charge < -0.3 is 29.9 Å². The van der Waals surface area contributed by atoms with Crippen LogP contribution in [0.1, 0.15) is 11.1 Å². The molecule has 2 amide bonds. The Labute approximate surface area is 187 Å². The number of aliphatic hydroxyl groups excluding tert-OH is 1. The minimum atomic E-state index is -1.15. The minimum Gasteiger partial charge on any atom is -0.497 e. The van der Waals surface area contributed by atoms with E-state index in [-0.39, 0.29) is 31.6 Å². The van der Waals surface area contributed by atoms with Crippen molar-refractivity contribution in [2.45, 2.75) is 25.2 Å². The highest BCUT2D eigenvalue weighted by Crippen LogP contribution is 2.32. The molecule has 1 aliphatic rings. The van der Waals surface area contributed by atoms with Crippen molar-refractivity contribution in [3.8, 4) is 11.5 Å². The summed E-state index contributed by atoms with van der Waals surface area (Å²) in [7, 11) is 3.11. The van der Waals surface area contributed by atoms with E-state index in [2.05, 4.69) is 5.32 Å². The molecule has 0 bridgehead atoms. The first-order valence-electron chi connectivity index (χ1n) is 10.4. The molecule has 1 aliphatic heterocycles. The van der Waals surface area contributed by atoms with Gasteiger partial charge in [0.2, 0.25) is 5.91 Å². The number of hydrogen-bond donors (Lipinski definition) is 3. The number of carbonyl (C=O) groups excluding carboxylic acids is 1. The zero-order chi connectivity index (χ0) is 23.1. The number of amides is 2. The Kier molecular flexibility index (Phi) is 7.91. The Balaban J connectivity index is 1.83. The molecule has 2 aromatic carbocycles. The van der Waals surface area contributed by atoms with Crippen molar-refractivity contribution < 1.29 is 29.3 Å². The van der Waals surface area contributed by atoms with Gasteiger partial charge in [0, 0.05) is 37.8 Å². The molecule has 32 heavy (non-hydrogen) atoms. The molecule has 0 aromatic heterocycles. The maximum Gasteiger partial charge on any atom is 0.408 e. The normalized spacial score (nSPS) is 17.6. The van der Waals surface area contributed by atoms with Crippen LogP contribution in [0, 0.1) is 0 Å². The average molecular weight is 444 g/mol. The van der Waals surface area contributed by atoms with Crippen LogP contribution in [0.3, 0.4) is 0 Å². The van der Waals surface area contributed by atoms with E-state index in [0.29, 0.717) is 24.6 Å². The summed E-state index contributed by atoms with van der Waals surface area (Å²) in [5, 5.41) is 22.1. The minimum absolute atomic E-state index is 0.0513. The largest absolute Gasteiger partial charge is 0.497 e. The molecular weight excluding hydrogens is 414 g/mol. The summed E-state index contributed by atoms with van der Waals surface area (Å²) in [5.41, 5.74) is 1.59. The van der Waals surface area contributed by atoms with Gasteiger partial charge in [-0.25, -0.2) is 4.79 Å². The molecule has 3 rings (SSSR count). The van der Waals surface area contributed by atoms with Crippen molar-refractivity contribution in [1.29, 1.82) is 0 Å². The van der Waals surface area contributed by atoms with Crippen LogP contribution in [0.4, 0.5) is 4.79 Å². The zero-order valence-electron chi connectivity index (χ0n) is 18.2. The van der Waals surface area contributed by atoms with Crippen LogP contribution in [0.5, 0.6) is 11.5 Å². The van der Waals surface area contributed by atoms with Gasteiger partial charge in [-0.05, 0) is 17.7 Å². The second kappa shape index (κ2) is 10.8. The molecule has 0 unspecified atom stereocenters. The molecule has 2 atom stereocenters. The SMILES string of the molecule is COc1ccc(CN2C(=O)[C@@H](N(Cc3ccccc3)C(=O)O)[C@H]2CNCCO)c(OC)c1. The summed E-state index contributed by atoms with van der Waals surface area (Å²) >= 11 is 0. The molecule has 0 aliphatic carbocycles. The highest BCUT2D eigenvalue weighted by molar-refractivity contribution is 5.92. The number of rotatable bonds is 11. The highest BCUT2D eigenvalue weighted by atomic mass is 16.5. The van der Waals surface area contributed by atoms with Crippen LogP contribution in [-0.2, 0) is 17.9 Å². The summed E-state index contributed by atoms with van der Waals surface area (Å²) in [6.45, 7) is 1.04. The third-order valence-corrected chi connectivity index (χ3v) is 5.56. The summed E-state index contributed by atoms with van der Waals surface area (Å²) < 4.78 is 10.7. The van der Waals surface area contributed by atoms with Gasteiger partial charge in [0.15, 0.2) is 0 Å². The van der Waals surface area contributed by atoms with Crippen molar-refractivity contribution in [2.24, 2.45) is 0 Å². The van der Waals surface area contributed by atoms with Crippen LogP contribution in [-0.4, -0.2) is 78.0 Å². The number of benzene rings is 2. The number of aliphatic hydroxyl groups is 1. The number of nitrogens with zero attached hydrogens (tertiary/aromatic N) is 2. The fourth-order valence-electron chi connectivity index (χ4n) is 3.90. The maximum absolute atomic E-state index is 13.1. The lowest BCUT2D eigenvalue weighted by atomic mass is 9.91. The fraction of sp³-hybridized carbons (Fsp3) is 0.391. The number of nitrogens with one attached hydrogen (secondary N) is 1. The average Bonchev–Trinajstić information content (AvgIpc) is 2.81. The number of ether oxygens (including phenoxy) is 2. The second-order valence-electron chi connectivity index (χ2n) is 7.48. The third-order valence-electron chi connectivity index (χ3n) is 5.56. The first-order valence-corrected chi connectivity index (χ1v) is 10.4. The van der Waals surface area contributed by atoms with Gasteiger partial charge in [-0.1, -0.05) is 30.3 Å². The van der Waals surface area contributed by atoms with E-state index in [1.807, 2.05) is 36.4 Å². The Bertz CT molecular complexity index is 923. The van der Waals surface area contributed by atoms with Gasteiger partial charge >= 0.3 is 6.09 Å². The monoisotopic (exact) mass is 443 g/mol. The van der Waals surface area contributed by atoms with Crippen molar-refractivity contribution in [2.75, 3.05) is 33.9 Å². The third kappa shape index (κ3) is 5.12. The predicted octanol–water partition coefficient (Wildman–Crippen LogP) is 1.55. The number of methoxy groups -OCH3 is 2. The lowest BCUT2D eigenvalue weighted by molar-refractivity contribution is -0.159. The molecule has 1 heterocycles. The molecule has 172 valence electrons. The Morgan fingerprint density at radius 3 is 2.53 bits per heavy atom. The van der Waals surface area contributed by atoms with Gasteiger partial charge in [0.1, 0.15) is 17.5 Å². The van der Waals surface area contributed by atoms with E-state index in [9.17, 15) is 14.7 Å². The van der Waals surface area contributed by atoms with Gasteiger partial charge in [0.25, 0.3) is 0 Å². The summed E-state index contributed by atoms with van der Waals surface area (Å²) in [6, 6.07) is 13.3. The molecule has 2 aromatic rings. The Hall–Kier alpha value is -3.30. The Morgan fingerprint density at radius 2 is 1.91 bits per heavy atom. The Morgan fingerprint density at radius 1 is 1.16 bits per heavy atom. The van der Waals surface area contributed by atoms with Crippen LogP contribution < -0.4 is 14.8 Å². The standard InChI is InChI=1S/C23H29N3O6/c1-31-18-9-8-17(20(12-18)32-2)15-25-19(13-24-10-11-27)21(22(25)28)26(23(29)30)14-16-6-4-3-5-7-16/h3-9,12,19,21,24,27H,10-11,13-15H2,1-2H3,(H,29,30)/t19-,21+/m1/s1. The van der Waals surface area contributed by atoms with E-state index in [1.165, 1.54) is 4.90 Å². The fourth-order valence-corrected chi connectivity index (χ4v) is 3.90. The van der Waals surface area contributed by atoms with E-state index in [1.54, 1.807) is 31.3 Å². The van der Waals surface area contributed by atoms with Gasteiger partial charge in [-0.3, -0.25) is 9.69 Å². The zero-order valence-corrected chi connectivity index (χ0v) is 18.2. The molecule has 1 saturated heterocycles. The molecule has 0 saturated carbocycles. The quantitative estimate of drug-likeness (QED) is 0.357. The number of hydrogen-bond acceptors (Lipinski definition) is 6. The molecule has 9 nitrogen and oxygen atoms in total. The number of carboxylic acid groups (broad SMARTS) is 1. The number of carbonyl (C=O) groups is 2. The molecular formula is C23H29N3O6. The molecule has 1 fully saturated rings. The van der Waals surface area contributed by atoms with Crippen molar-refractivity contribution in [1.82, 2.24) is 15.1 Å². The van der Waals surface area contributed by atoms with Crippen LogP contribution in [0.25, 0.3) is 0 Å². The number of β-lactam (4-membered cyclic amide) rings is 1. The number of likely N-dealkylation sites (tertiary alicyclic amines) is 1. The topological polar surface area (TPSA) is 112 Å². The smallest absolute Gasteiger partial charge is 0.408 e. The lowest BCUT2D eigenvalue weighted by Gasteiger charge is -2.50. The summed E-state index contributed by atoms with van der Waals surface area (Å²) in [6.07, 6.45) is -1.15. The van der Waals surface area contributed by atoms with E-state index < -0.39 is 12.1 Å². The highest BCUT2D eigenvalue weighted by Gasteiger charge is 2.51. The van der Waals surface area contributed by atoms with Crippen molar-refractivity contribution >= 4 is 12.0 Å². The summed E-state index contributed by atoms with van der Waals surface area (Å²) in [4.78, 5) is 28.0. The second-order valence-corrected chi connectivity index (χ2v) is 7.48. The van der Waals surface area contributed by atoms with Gasteiger partial charge in [-0.2, -0.15) is 0 Å². The molecule has 0 spiro atoms.